The fraction of sp³-hybridized carbons (Fsp3) is 0.786. The van der Waals surface area contributed by atoms with Gasteiger partial charge in [0.05, 0.1) is 12.2 Å². The van der Waals surface area contributed by atoms with Gasteiger partial charge in [-0.05, 0) is 50.4 Å². The molecule has 17 heavy (non-hydrogen) atoms. The van der Waals surface area contributed by atoms with Gasteiger partial charge in [-0.3, -0.25) is 0 Å². The molecule has 0 saturated heterocycles. The molecular weight excluding hydrogens is 216 g/mol. The Balaban J connectivity index is 2.08. The van der Waals surface area contributed by atoms with Gasteiger partial charge in [0.1, 0.15) is 0 Å². The SMILES string of the molecule is CCOC(=O)/C=C/C1(C)[C@H]2CC[C@@](C)(O)[C@H]1C2. The fourth-order valence-corrected chi connectivity index (χ4v) is 3.60. The fourth-order valence-electron chi connectivity index (χ4n) is 3.60. The van der Waals surface area contributed by atoms with E-state index in [1.54, 1.807) is 6.92 Å². The first kappa shape index (κ1) is 12.6. The standard InChI is InChI=1S/C14H22O3/c1-4-17-12(15)6-7-13(2)10-5-8-14(3,16)11(13)9-10/h6-7,10-11,16H,4-5,8-9H2,1-3H3/b7-6+/t10-,11-,13?,14+/m0/s1. The summed E-state index contributed by atoms with van der Waals surface area (Å²) in [5.41, 5.74) is -0.614. The van der Waals surface area contributed by atoms with Gasteiger partial charge in [0, 0.05) is 6.08 Å². The highest BCUT2D eigenvalue weighted by Gasteiger charge is 2.60. The molecule has 3 heteroatoms. The lowest BCUT2D eigenvalue weighted by Gasteiger charge is -2.62. The van der Waals surface area contributed by atoms with E-state index >= 15 is 0 Å². The summed E-state index contributed by atoms with van der Waals surface area (Å²) in [7, 11) is 0. The van der Waals surface area contributed by atoms with Crippen LogP contribution in [0.3, 0.4) is 0 Å². The second-order valence-corrected chi connectivity index (χ2v) is 5.83. The van der Waals surface area contributed by atoms with E-state index in [2.05, 4.69) is 6.92 Å². The van der Waals surface area contributed by atoms with Gasteiger partial charge < -0.3 is 9.84 Å². The van der Waals surface area contributed by atoms with Crippen LogP contribution in [0.1, 0.15) is 40.0 Å². The molecule has 0 aromatic rings. The number of fused-ring (bicyclic) bond motifs is 2. The summed E-state index contributed by atoms with van der Waals surface area (Å²) in [6.07, 6.45) is 6.50. The number of hydrogen-bond donors (Lipinski definition) is 1. The Bertz CT molecular complexity index is 343. The highest BCUT2D eigenvalue weighted by Crippen LogP contribution is 2.63. The smallest absolute Gasteiger partial charge is 0.330 e. The molecule has 3 aliphatic carbocycles. The topological polar surface area (TPSA) is 46.5 Å². The molecule has 4 atom stereocenters. The minimum absolute atomic E-state index is 0.0332. The normalized spacial score (nSPS) is 44.5. The lowest BCUT2D eigenvalue weighted by atomic mass is 9.43. The van der Waals surface area contributed by atoms with Crippen LogP contribution in [0.25, 0.3) is 0 Å². The first-order valence-corrected chi connectivity index (χ1v) is 6.48. The highest BCUT2D eigenvalue weighted by atomic mass is 16.5. The van der Waals surface area contributed by atoms with Gasteiger partial charge in [-0.2, -0.15) is 0 Å². The van der Waals surface area contributed by atoms with Crippen LogP contribution in [0, 0.1) is 17.3 Å². The molecular formula is C14H22O3. The molecule has 0 heterocycles. The first-order valence-electron chi connectivity index (χ1n) is 6.48. The molecule has 3 rings (SSSR count). The van der Waals surface area contributed by atoms with Gasteiger partial charge in [0.2, 0.25) is 0 Å². The molecule has 3 fully saturated rings. The van der Waals surface area contributed by atoms with Crippen LogP contribution >= 0.6 is 0 Å². The lowest BCUT2D eigenvalue weighted by molar-refractivity contribution is -0.179. The molecule has 3 aliphatic rings. The van der Waals surface area contributed by atoms with Crippen molar-refractivity contribution in [3.05, 3.63) is 12.2 Å². The van der Waals surface area contributed by atoms with E-state index in [-0.39, 0.29) is 17.3 Å². The van der Waals surface area contributed by atoms with Crippen LogP contribution in [0.2, 0.25) is 0 Å². The Morgan fingerprint density at radius 3 is 2.76 bits per heavy atom. The van der Waals surface area contributed by atoms with Gasteiger partial charge in [-0.15, -0.1) is 0 Å². The van der Waals surface area contributed by atoms with Crippen molar-refractivity contribution < 1.29 is 14.6 Å². The molecule has 0 aromatic carbocycles. The van der Waals surface area contributed by atoms with E-state index in [0.29, 0.717) is 12.5 Å². The summed E-state index contributed by atoms with van der Waals surface area (Å²) in [6, 6.07) is 0. The molecule has 0 aromatic heterocycles. The van der Waals surface area contributed by atoms with E-state index in [9.17, 15) is 9.90 Å². The summed E-state index contributed by atoms with van der Waals surface area (Å²) in [4.78, 5) is 11.3. The monoisotopic (exact) mass is 238 g/mol. The molecule has 1 N–H and O–H groups in total. The van der Waals surface area contributed by atoms with Crippen molar-refractivity contribution in [3.63, 3.8) is 0 Å². The number of ether oxygens (including phenoxy) is 1. The Kier molecular flexibility index (Phi) is 3.06. The first-order chi connectivity index (χ1) is 7.90. The van der Waals surface area contributed by atoms with Crippen molar-refractivity contribution >= 4 is 5.97 Å². The van der Waals surface area contributed by atoms with Crippen molar-refractivity contribution in [3.8, 4) is 0 Å². The highest BCUT2D eigenvalue weighted by molar-refractivity contribution is 5.82. The number of carbonyl (C=O) groups excluding carboxylic acids is 1. The number of esters is 1. The maximum Gasteiger partial charge on any atom is 0.330 e. The number of aliphatic hydroxyl groups is 1. The Morgan fingerprint density at radius 1 is 1.53 bits per heavy atom. The van der Waals surface area contributed by atoms with E-state index in [4.69, 9.17) is 4.74 Å². The predicted octanol–water partition coefficient (Wildman–Crippen LogP) is 2.29. The van der Waals surface area contributed by atoms with E-state index in [1.807, 2.05) is 13.0 Å². The van der Waals surface area contributed by atoms with E-state index in [1.165, 1.54) is 6.08 Å². The van der Waals surface area contributed by atoms with Crippen LogP contribution in [0.15, 0.2) is 12.2 Å². The number of hydrogen-bond acceptors (Lipinski definition) is 3. The van der Waals surface area contributed by atoms with E-state index < -0.39 is 5.60 Å². The van der Waals surface area contributed by atoms with Crippen LogP contribution in [0.5, 0.6) is 0 Å². The number of carbonyl (C=O) groups is 1. The summed E-state index contributed by atoms with van der Waals surface area (Å²) in [5, 5.41) is 10.3. The van der Waals surface area contributed by atoms with Gasteiger partial charge in [0.15, 0.2) is 0 Å². The third kappa shape index (κ3) is 2.01. The quantitative estimate of drug-likeness (QED) is 0.606. The minimum Gasteiger partial charge on any atom is -0.463 e. The minimum atomic E-state index is -0.581. The largest absolute Gasteiger partial charge is 0.463 e. The third-order valence-corrected chi connectivity index (χ3v) is 4.77. The number of rotatable bonds is 3. The van der Waals surface area contributed by atoms with Crippen molar-refractivity contribution in [2.75, 3.05) is 6.61 Å². The molecule has 0 spiro atoms. The molecule has 0 radical (unpaired) electrons. The summed E-state index contributed by atoms with van der Waals surface area (Å²) in [6.45, 7) is 6.28. The van der Waals surface area contributed by atoms with Crippen LogP contribution in [0.4, 0.5) is 0 Å². The van der Waals surface area contributed by atoms with Crippen LogP contribution in [-0.2, 0) is 9.53 Å². The second kappa shape index (κ2) is 4.13. The molecule has 3 saturated carbocycles. The van der Waals surface area contributed by atoms with Crippen LogP contribution < -0.4 is 0 Å². The Labute approximate surface area is 103 Å². The van der Waals surface area contributed by atoms with Crippen LogP contribution in [-0.4, -0.2) is 23.3 Å². The third-order valence-electron chi connectivity index (χ3n) is 4.77. The van der Waals surface area contributed by atoms with Gasteiger partial charge >= 0.3 is 5.97 Å². The number of allylic oxidation sites excluding steroid dienone is 1. The average molecular weight is 238 g/mol. The zero-order valence-corrected chi connectivity index (χ0v) is 10.9. The molecule has 0 amide bonds. The van der Waals surface area contributed by atoms with Crippen molar-refractivity contribution in [1.82, 2.24) is 0 Å². The zero-order chi connectivity index (χ0) is 12.7. The van der Waals surface area contributed by atoms with Gasteiger partial charge in [0.25, 0.3) is 0 Å². The lowest BCUT2D eigenvalue weighted by Crippen LogP contribution is -2.60. The van der Waals surface area contributed by atoms with E-state index in [0.717, 1.165) is 19.3 Å². The summed E-state index contributed by atoms with van der Waals surface area (Å²) >= 11 is 0. The van der Waals surface area contributed by atoms with Crippen molar-refractivity contribution in [2.45, 2.75) is 45.6 Å². The Morgan fingerprint density at radius 2 is 2.24 bits per heavy atom. The van der Waals surface area contributed by atoms with Gasteiger partial charge in [-0.1, -0.05) is 13.0 Å². The van der Waals surface area contributed by atoms with Crippen molar-refractivity contribution in [1.29, 1.82) is 0 Å². The maximum atomic E-state index is 11.3. The molecule has 1 unspecified atom stereocenters. The second-order valence-electron chi connectivity index (χ2n) is 5.83. The van der Waals surface area contributed by atoms with Gasteiger partial charge in [-0.25, -0.2) is 4.79 Å². The average Bonchev–Trinajstić information content (AvgIpc) is 2.24. The summed E-state index contributed by atoms with van der Waals surface area (Å²) < 4.78 is 4.89. The molecule has 2 bridgehead atoms. The Hall–Kier alpha value is -0.830. The maximum absolute atomic E-state index is 11.3. The molecule has 0 aliphatic heterocycles. The predicted molar refractivity (Wildman–Crippen MR) is 65.3 cm³/mol. The zero-order valence-electron chi connectivity index (χ0n) is 10.9. The summed E-state index contributed by atoms with van der Waals surface area (Å²) in [5.74, 6) is 0.608. The molecule has 3 nitrogen and oxygen atoms in total. The van der Waals surface area contributed by atoms with Crippen molar-refractivity contribution in [2.24, 2.45) is 17.3 Å². The molecule has 96 valence electrons.